The molecule has 10 nitrogen and oxygen atoms in total. The summed E-state index contributed by atoms with van der Waals surface area (Å²) in [6.45, 7) is 7.66. The van der Waals surface area contributed by atoms with Crippen LogP contribution in [0.3, 0.4) is 0 Å². The Labute approximate surface area is 212 Å². The van der Waals surface area contributed by atoms with Crippen LogP contribution in [0.4, 0.5) is 22.5 Å². The number of esters is 1. The van der Waals surface area contributed by atoms with Gasteiger partial charge in [-0.2, -0.15) is 0 Å². The van der Waals surface area contributed by atoms with E-state index in [0.717, 1.165) is 5.56 Å². The fourth-order valence-corrected chi connectivity index (χ4v) is 4.05. The minimum Gasteiger partial charge on any atom is -0.466 e. The molecule has 0 aliphatic rings. The predicted octanol–water partition coefficient (Wildman–Crippen LogP) is 4.15. The Morgan fingerprint density at radius 2 is 1.91 bits per heavy atom. The highest BCUT2D eigenvalue weighted by molar-refractivity contribution is 7.17. The third-order valence-corrected chi connectivity index (χ3v) is 5.91. The first-order chi connectivity index (χ1) is 16.9. The zero-order valence-electron chi connectivity index (χ0n) is 19.8. The molecule has 35 heavy (non-hydrogen) atoms. The van der Waals surface area contributed by atoms with Gasteiger partial charge in [0.2, 0.25) is 0 Å². The second kappa shape index (κ2) is 13.0. The zero-order valence-corrected chi connectivity index (χ0v) is 21.3. The average Bonchev–Trinajstić information content (AvgIpc) is 3.27. The topological polar surface area (TPSA) is 130 Å². The van der Waals surface area contributed by atoms with Crippen molar-refractivity contribution in [3.8, 4) is 0 Å². The molecule has 0 spiro atoms. The Hall–Kier alpha value is -3.28. The van der Waals surface area contributed by atoms with Crippen LogP contribution in [0.1, 0.15) is 34.4 Å². The van der Waals surface area contributed by atoms with E-state index < -0.39 is 0 Å². The molecular formula is C23H28ClN7O3S. The summed E-state index contributed by atoms with van der Waals surface area (Å²) in [6.07, 6.45) is 1.84. The lowest BCUT2D eigenvalue weighted by molar-refractivity contribution is -0.142. The Balaban J connectivity index is 1.52. The van der Waals surface area contributed by atoms with Crippen molar-refractivity contribution >= 4 is 57.3 Å². The molecule has 4 N–H and O–H groups in total. The molecule has 3 rings (SSSR count). The maximum absolute atomic E-state index is 12.7. The van der Waals surface area contributed by atoms with Gasteiger partial charge in [-0.3, -0.25) is 9.59 Å². The van der Waals surface area contributed by atoms with E-state index in [4.69, 9.17) is 16.3 Å². The number of para-hydroxylation sites is 1. The van der Waals surface area contributed by atoms with Crippen molar-refractivity contribution in [1.29, 1.82) is 0 Å². The number of nitrogens with zero attached hydrogens (tertiary/aromatic N) is 3. The van der Waals surface area contributed by atoms with Gasteiger partial charge in [-0.25, -0.2) is 15.0 Å². The number of nitrogens with one attached hydrogen (secondary N) is 4. The van der Waals surface area contributed by atoms with Gasteiger partial charge in [0.05, 0.1) is 29.9 Å². The normalized spacial score (nSPS) is 10.6. The average molecular weight is 518 g/mol. The fraction of sp³-hybridized carbons (Fsp3) is 0.348. The van der Waals surface area contributed by atoms with Gasteiger partial charge in [0, 0.05) is 25.7 Å². The lowest BCUT2D eigenvalue weighted by atomic mass is 10.2. The number of rotatable bonds is 12. The van der Waals surface area contributed by atoms with E-state index in [9.17, 15) is 9.59 Å². The van der Waals surface area contributed by atoms with Crippen LogP contribution < -0.4 is 21.3 Å². The Morgan fingerprint density at radius 3 is 2.69 bits per heavy atom. The van der Waals surface area contributed by atoms with E-state index >= 15 is 0 Å². The molecule has 0 atom stereocenters. The van der Waals surface area contributed by atoms with Crippen molar-refractivity contribution in [3.05, 3.63) is 51.7 Å². The lowest BCUT2D eigenvalue weighted by Gasteiger charge is -2.10. The number of amides is 1. The molecule has 0 radical (unpaired) electrons. The van der Waals surface area contributed by atoms with Gasteiger partial charge in [0.25, 0.3) is 5.91 Å². The summed E-state index contributed by atoms with van der Waals surface area (Å²) in [5.41, 5.74) is 1.46. The molecule has 0 aliphatic carbocycles. The molecule has 3 aromatic rings. The molecule has 0 saturated carbocycles. The van der Waals surface area contributed by atoms with Crippen LogP contribution >= 0.6 is 22.9 Å². The highest BCUT2D eigenvalue weighted by Crippen LogP contribution is 2.28. The first-order valence-corrected chi connectivity index (χ1v) is 12.3. The summed E-state index contributed by atoms with van der Waals surface area (Å²) in [5, 5.41) is 13.4. The standard InChI is InChI=1S/C23H28ClN7O3S/c1-4-34-20(32)8-9-25-10-11-26-18-12-19(29-15(3)28-18)30-23-27-13-17(35-23)22(33)31-21-14(2)6-5-7-16(21)24/h5-7,12-13,25H,4,8-11H2,1-3H3,(H,31,33)(H2,26,27,28,29,30). The molecule has 0 bridgehead atoms. The summed E-state index contributed by atoms with van der Waals surface area (Å²) < 4.78 is 4.89. The van der Waals surface area contributed by atoms with Gasteiger partial charge in [0.1, 0.15) is 22.3 Å². The monoisotopic (exact) mass is 517 g/mol. The number of ether oxygens (including phenoxy) is 1. The number of carbonyl (C=O) groups excluding carboxylic acids is 2. The van der Waals surface area contributed by atoms with E-state index in [1.165, 1.54) is 17.5 Å². The van der Waals surface area contributed by atoms with Gasteiger partial charge in [0.15, 0.2) is 5.13 Å². The van der Waals surface area contributed by atoms with Gasteiger partial charge < -0.3 is 26.0 Å². The van der Waals surface area contributed by atoms with Crippen molar-refractivity contribution in [1.82, 2.24) is 20.3 Å². The Bertz CT molecular complexity index is 1150. The molecule has 0 unspecified atom stereocenters. The van der Waals surface area contributed by atoms with E-state index in [0.29, 0.717) is 70.8 Å². The summed E-state index contributed by atoms with van der Waals surface area (Å²) in [7, 11) is 0. The third-order valence-electron chi connectivity index (χ3n) is 4.68. The van der Waals surface area contributed by atoms with Crippen molar-refractivity contribution in [2.45, 2.75) is 27.2 Å². The Morgan fingerprint density at radius 1 is 1.11 bits per heavy atom. The first kappa shape index (κ1) is 26.3. The van der Waals surface area contributed by atoms with Crippen LogP contribution in [0.25, 0.3) is 0 Å². The van der Waals surface area contributed by atoms with Crippen LogP contribution in [-0.2, 0) is 9.53 Å². The molecule has 0 saturated heterocycles. The summed E-state index contributed by atoms with van der Waals surface area (Å²) >= 11 is 7.41. The molecule has 2 heterocycles. The SMILES string of the molecule is CCOC(=O)CCNCCNc1cc(Nc2ncc(C(=O)Nc3c(C)cccc3Cl)s2)nc(C)n1. The second-order valence-electron chi connectivity index (χ2n) is 7.46. The van der Waals surface area contributed by atoms with Gasteiger partial charge >= 0.3 is 5.97 Å². The molecule has 0 aliphatic heterocycles. The van der Waals surface area contributed by atoms with Crippen molar-refractivity contribution < 1.29 is 14.3 Å². The zero-order chi connectivity index (χ0) is 25.2. The first-order valence-electron chi connectivity index (χ1n) is 11.1. The molecule has 12 heteroatoms. The highest BCUT2D eigenvalue weighted by atomic mass is 35.5. The van der Waals surface area contributed by atoms with Crippen LogP contribution in [0.5, 0.6) is 0 Å². The maximum atomic E-state index is 12.7. The number of halogens is 1. The smallest absolute Gasteiger partial charge is 0.307 e. The number of hydrogen-bond donors (Lipinski definition) is 4. The summed E-state index contributed by atoms with van der Waals surface area (Å²) in [4.78, 5) is 37.5. The highest BCUT2D eigenvalue weighted by Gasteiger charge is 2.14. The van der Waals surface area contributed by atoms with E-state index in [1.807, 2.05) is 19.1 Å². The van der Waals surface area contributed by atoms with Gasteiger partial charge in [-0.15, -0.1) is 0 Å². The van der Waals surface area contributed by atoms with Crippen molar-refractivity contribution in [2.24, 2.45) is 0 Å². The fourth-order valence-electron chi connectivity index (χ4n) is 3.06. The molecular weight excluding hydrogens is 490 g/mol. The molecule has 1 amide bonds. The number of carbonyl (C=O) groups is 2. The van der Waals surface area contributed by atoms with Crippen LogP contribution in [0.15, 0.2) is 30.5 Å². The van der Waals surface area contributed by atoms with Crippen molar-refractivity contribution in [2.75, 3.05) is 42.2 Å². The minimum absolute atomic E-state index is 0.211. The number of aromatic nitrogens is 3. The van der Waals surface area contributed by atoms with E-state index in [1.54, 1.807) is 26.0 Å². The van der Waals surface area contributed by atoms with E-state index in [2.05, 4.69) is 36.2 Å². The number of aryl methyl sites for hydroxylation is 2. The van der Waals surface area contributed by atoms with Gasteiger partial charge in [-0.05, 0) is 32.4 Å². The van der Waals surface area contributed by atoms with Crippen LogP contribution in [0.2, 0.25) is 5.02 Å². The second-order valence-corrected chi connectivity index (χ2v) is 8.90. The predicted molar refractivity (Wildman–Crippen MR) is 139 cm³/mol. The van der Waals surface area contributed by atoms with Crippen molar-refractivity contribution in [3.63, 3.8) is 0 Å². The number of hydrogen-bond acceptors (Lipinski definition) is 10. The third kappa shape index (κ3) is 8.16. The maximum Gasteiger partial charge on any atom is 0.307 e. The molecule has 0 fully saturated rings. The number of anilines is 4. The molecule has 2 aromatic heterocycles. The van der Waals surface area contributed by atoms with Crippen LogP contribution in [-0.4, -0.2) is 53.1 Å². The van der Waals surface area contributed by atoms with Gasteiger partial charge in [-0.1, -0.05) is 35.1 Å². The molecule has 186 valence electrons. The summed E-state index contributed by atoms with van der Waals surface area (Å²) in [6, 6.07) is 7.20. The van der Waals surface area contributed by atoms with Crippen LogP contribution in [0, 0.1) is 13.8 Å². The minimum atomic E-state index is -0.288. The quantitative estimate of drug-likeness (QED) is 0.206. The number of thiazole rings is 1. The Kier molecular flexibility index (Phi) is 9.76. The number of benzene rings is 1. The largest absolute Gasteiger partial charge is 0.466 e. The summed E-state index contributed by atoms with van der Waals surface area (Å²) in [5.74, 6) is 1.28. The molecule has 1 aromatic carbocycles. The lowest BCUT2D eigenvalue weighted by Crippen LogP contribution is -2.25. The van der Waals surface area contributed by atoms with E-state index in [-0.39, 0.29) is 11.9 Å².